The van der Waals surface area contributed by atoms with Gasteiger partial charge < -0.3 is 43.6 Å². The van der Waals surface area contributed by atoms with Crippen LogP contribution in [0.3, 0.4) is 0 Å². The van der Waals surface area contributed by atoms with Crippen molar-refractivity contribution in [3.8, 4) is 0 Å². The van der Waals surface area contributed by atoms with E-state index in [2.05, 4.69) is 11.9 Å². The lowest BCUT2D eigenvalue weighted by Gasteiger charge is -2.71. The van der Waals surface area contributed by atoms with Gasteiger partial charge in [-0.25, -0.2) is 9.59 Å². The molecule has 13 atom stereocenters. The minimum Gasteiger partial charge on any atom is -0.456 e. The van der Waals surface area contributed by atoms with Gasteiger partial charge in [-0.2, -0.15) is 0 Å². The Bertz CT molecular complexity index is 2270. The predicted molar refractivity (Wildman–Crippen MR) is 229 cm³/mol. The predicted octanol–water partition coefficient (Wildman–Crippen LogP) is 6.46. The van der Waals surface area contributed by atoms with Gasteiger partial charge in [0.05, 0.1) is 36.3 Å². The van der Waals surface area contributed by atoms with Gasteiger partial charge in [0.1, 0.15) is 23.9 Å². The van der Waals surface area contributed by atoms with E-state index in [-0.39, 0.29) is 18.6 Å². The molecule has 1 amide bonds. The van der Waals surface area contributed by atoms with Crippen LogP contribution in [-0.4, -0.2) is 96.8 Å². The molecule has 2 saturated heterocycles. The van der Waals surface area contributed by atoms with Gasteiger partial charge in [-0.05, 0) is 48.4 Å². The van der Waals surface area contributed by atoms with Crippen molar-refractivity contribution in [2.45, 2.75) is 115 Å². The second-order valence-electron chi connectivity index (χ2n) is 18.4. The third-order valence-electron chi connectivity index (χ3n) is 14.7. The van der Waals surface area contributed by atoms with Crippen LogP contribution >= 0.6 is 0 Å². The molecule has 2 bridgehead atoms. The number of rotatable bonds is 11. The Morgan fingerprint density at radius 3 is 2.08 bits per heavy atom. The van der Waals surface area contributed by atoms with Crippen molar-refractivity contribution in [3.05, 3.63) is 131 Å². The summed E-state index contributed by atoms with van der Waals surface area (Å²) in [5.41, 5.74) is -2.99. The van der Waals surface area contributed by atoms with Gasteiger partial charge in [0.25, 0.3) is 5.91 Å². The van der Waals surface area contributed by atoms with Gasteiger partial charge in [0, 0.05) is 49.2 Å². The van der Waals surface area contributed by atoms with Gasteiger partial charge in [-0.15, -0.1) is 0 Å². The summed E-state index contributed by atoms with van der Waals surface area (Å²) in [6, 6.07) is 25.1. The zero-order chi connectivity index (χ0) is 45.1. The molecule has 13 heteroatoms. The number of hydrogen-bond donors (Lipinski definition) is 2. The van der Waals surface area contributed by atoms with Crippen molar-refractivity contribution < 1.29 is 57.4 Å². The van der Waals surface area contributed by atoms with Gasteiger partial charge in [-0.1, -0.05) is 107 Å². The number of methoxy groups -OCH3 is 1. The van der Waals surface area contributed by atoms with Crippen LogP contribution < -0.4 is 5.32 Å². The lowest BCUT2D eigenvalue weighted by atomic mass is 9.43. The van der Waals surface area contributed by atoms with Crippen LogP contribution in [0.25, 0.3) is 0 Å². The number of amides is 1. The molecule has 3 aromatic carbocycles. The first kappa shape index (κ1) is 44.4. The molecule has 2 N–H and O–H groups in total. The average Bonchev–Trinajstić information content (AvgIpc) is 3.26. The van der Waals surface area contributed by atoms with Crippen LogP contribution in [0.4, 0.5) is 0 Å². The topological polar surface area (TPSA) is 165 Å². The van der Waals surface area contributed by atoms with Crippen molar-refractivity contribution in [1.82, 2.24) is 5.32 Å². The van der Waals surface area contributed by atoms with E-state index < -0.39 is 107 Å². The number of ether oxygens (including phenoxy) is 7. The number of nitrogens with one attached hydrogen (secondary N) is 1. The number of benzene rings is 3. The highest BCUT2D eigenvalue weighted by molar-refractivity contribution is 5.95. The van der Waals surface area contributed by atoms with E-state index in [0.29, 0.717) is 23.1 Å². The molecule has 0 aromatic heterocycles. The summed E-state index contributed by atoms with van der Waals surface area (Å²) in [6.45, 7) is 15.0. The largest absolute Gasteiger partial charge is 0.456 e. The molecule has 2 unspecified atom stereocenters. The van der Waals surface area contributed by atoms with E-state index in [4.69, 9.17) is 33.2 Å². The van der Waals surface area contributed by atoms with E-state index in [1.54, 1.807) is 91.0 Å². The summed E-state index contributed by atoms with van der Waals surface area (Å²) < 4.78 is 45.2. The van der Waals surface area contributed by atoms with Crippen LogP contribution in [0.15, 0.2) is 115 Å². The minimum absolute atomic E-state index is 0.0304. The first-order chi connectivity index (χ1) is 30.0. The van der Waals surface area contributed by atoms with Crippen LogP contribution in [0, 0.1) is 22.7 Å². The summed E-state index contributed by atoms with van der Waals surface area (Å²) >= 11 is 0. The zero-order valence-corrected chi connectivity index (χ0v) is 36.8. The molecule has 2 aliphatic heterocycles. The summed E-state index contributed by atoms with van der Waals surface area (Å²) in [5.74, 6) is -3.95. The lowest BCUT2D eigenvalue weighted by molar-refractivity contribution is -0.403. The molecule has 63 heavy (non-hydrogen) atoms. The molecular formula is C50H57NO12. The Labute approximate surface area is 368 Å². The van der Waals surface area contributed by atoms with Crippen molar-refractivity contribution >= 4 is 23.8 Å². The molecule has 5 aliphatic rings. The number of esters is 3. The number of hydrogen-bond acceptors (Lipinski definition) is 12. The summed E-state index contributed by atoms with van der Waals surface area (Å²) in [7, 11) is 1.37. The fourth-order valence-corrected chi connectivity index (χ4v) is 11.8. The Hall–Kier alpha value is -5.18. The second kappa shape index (κ2) is 16.7. The van der Waals surface area contributed by atoms with Gasteiger partial charge in [-0.3, -0.25) is 9.59 Å². The highest BCUT2D eigenvalue weighted by Gasteiger charge is 2.79. The monoisotopic (exact) mass is 863 g/mol. The molecule has 3 aromatic rings. The van der Waals surface area contributed by atoms with Crippen LogP contribution in [0.2, 0.25) is 0 Å². The molecule has 0 spiro atoms. The number of fused-ring (bicyclic) bond motifs is 4. The van der Waals surface area contributed by atoms with E-state index in [9.17, 15) is 24.3 Å². The second-order valence-corrected chi connectivity index (χ2v) is 18.4. The lowest BCUT2D eigenvalue weighted by Crippen LogP contribution is -2.83. The molecule has 0 radical (unpaired) electrons. The maximum atomic E-state index is 14.8. The standard InChI is InChI=1S/C50H57NO12/c1-9-37-60-35-25-36-49(27-58-36,63-30(4)52)41-43(62-45(54)33-23-17-12-18-24-33)50(56)26-34(28(2)38(47(50,5)6)29(3)42(61-37)48(35,41)7)59-46(55)40(57-8)39(31-19-13-10-14-20-31)51-44(53)32-21-15-11-16-22-32/h9-24,29,34-37,39-43,56H,1,25-27H2,2-8H3,(H,51,53)/t29-,34?,35+,36?,37+,39+,40-,41+,42+,43+,48-,49+,50-/m1/s1. The molecule has 2 saturated carbocycles. The highest BCUT2D eigenvalue weighted by Crippen LogP contribution is 2.68. The van der Waals surface area contributed by atoms with Crippen molar-refractivity contribution in [2.24, 2.45) is 22.7 Å². The van der Waals surface area contributed by atoms with Gasteiger partial charge in [0.15, 0.2) is 18.0 Å². The van der Waals surface area contributed by atoms with Crippen molar-refractivity contribution in [1.29, 1.82) is 0 Å². The fraction of sp³-hybridized carbons (Fsp3) is 0.480. The van der Waals surface area contributed by atoms with E-state index in [1.807, 2.05) is 40.7 Å². The molecular weight excluding hydrogens is 807 g/mol. The third-order valence-corrected chi connectivity index (χ3v) is 14.7. The van der Waals surface area contributed by atoms with E-state index in [1.165, 1.54) is 14.0 Å². The minimum atomic E-state index is -2.00. The maximum absolute atomic E-state index is 14.8. The molecule has 13 nitrogen and oxygen atoms in total. The normalized spacial score (nSPS) is 34.8. The third kappa shape index (κ3) is 7.22. The van der Waals surface area contributed by atoms with Crippen LogP contribution in [0.1, 0.15) is 86.7 Å². The highest BCUT2D eigenvalue weighted by atomic mass is 16.7. The number of carbonyl (C=O) groups is 4. The molecule has 2 heterocycles. The molecule has 3 aliphatic carbocycles. The molecule has 8 rings (SSSR count). The molecule has 334 valence electrons. The van der Waals surface area contributed by atoms with E-state index in [0.717, 1.165) is 5.57 Å². The molecule has 4 fully saturated rings. The zero-order valence-electron chi connectivity index (χ0n) is 36.8. The Kier molecular flexibility index (Phi) is 11.8. The first-order valence-electron chi connectivity index (χ1n) is 21.6. The Morgan fingerprint density at radius 2 is 1.51 bits per heavy atom. The fourth-order valence-electron chi connectivity index (χ4n) is 11.8. The maximum Gasteiger partial charge on any atom is 0.338 e. The van der Waals surface area contributed by atoms with E-state index >= 15 is 0 Å². The summed E-state index contributed by atoms with van der Waals surface area (Å²) in [4.78, 5) is 56.1. The Morgan fingerprint density at radius 1 is 0.889 bits per heavy atom. The van der Waals surface area contributed by atoms with Crippen LogP contribution in [0.5, 0.6) is 0 Å². The van der Waals surface area contributed by atoms with Gasteiger partial charge in [0.2, 0.25) is 0 Å². The number of carbonyl (C=O) groups excluding carboxylic acids is 4. The Balaban J connectivity index is 1.27. The quantitative estimate of drug-likeness (QED) is 0.123. The smallest absolute Gasteiger partial charge is 0.338 e. The van der Waals surface area contributed by atoms with Gasteiger partial charge >= 0.3 is 17.9 Å². The number of aliphatic hydroxyl groups is 1. The van der Waals surface area contributed by atoms with Crippen molar-refractivity contribution in [3.63, 3.8) is 0 Å². The SMILES string of the molecule is C=C[C@H]1O[C@H]2CC3OC[C@@]3(OC(C)=O)[C@H]3[C@H](OC(=O)c4ccccc4)[C@]4(O)CC(OC(=O)[C@H](OC)[C@@H](NC(=O)c5ccccc5)c5ccccc5)C(C)=C([C@@H](C)[C@H](O1)[C@]23C)C4(C)C. The first-order valence-corrected chi connectivity index (χ1v) is 21.6. The van der Waals surface area contributed by atoms with Crippen molar-refractivity contribution in [2.75, 3.05) is 13.7 Å². The summed E-state index contributed by atoms with van der Waals surface area (Å²) in [6.07, 6.45) is -4.96. The van der Waals surface area contributed by atoms with Crippen LogP contribution in [-0.2, 0) is 42.7 Å². The summed E-state index contributed by atoms with van der Waals surface area (Å²) in [5, 5.41) is 16.9. The average molecular weight is 864 g/mol.